The van der Waals surface area contributed by atoms with Crippen molar-refractivity contribution < 1.29 is 9.90 Å². The Morgan fingerprint density at radius 3 is 2.50 bits per heavy atom. The summed E-state index contributed by atoms with van der Waals surface area (Å²) in [5.41, 5.74) is 8.10. The number of phenols is 1. The van der Waals surface area contributed by atoms with E-state index < -0.39 is 5.91 Å². The summed E-state index contributed by atoms with van der Waals surface area (Å²) in [6, 6.07) is 14.4. The van der Waals surface area contributed by atoms with Crippen molar-refractivity contribution in [1.29, 1.82) is 0 Å². The molecular weight excluding hydrogens is 252 g/mol. The summed E-state index contributed by atoms with van der Waals surface area (Å²) in [5.74, 6) is -0.293. The van der Waals surface area contributed by atoms with Crippen molar-refractivity contribution in [1.82, 2.24) is 0 Å². The number of nitrogens with two attached hydrogens (primary N) is 1. The zero-order chi connectivity index (χ0) is 14.5. The van der Waals surface area contributed by atoms with Crippen molar-refractivity contribution in [2.75, 3.05) is 5.32 Å². The summed E-state index contributed by atoms with van der Waals surface area (Å²) >= 11 is 0. The molecule has 0 radical (unpaired) electrons. The van der Waals surface area contributed by atoms with E-state index in [-0.39, 0.29) is 5.75 Å². The van der Waals surface area contributed by atoms with E-state index in [1.807, 2.05) is 30.3 Å². The van der Waals surface area contributed by atoms with Gasteiger partial charge in [0.25, 0.3) is 0 Å². The Bertz CT molecular complexity index is 633. The molecule has 0 aliphatic rings. The van der Waals surface area contributed by atoms with Crippen LogP contribution in [0.15, 0.2) is 55.1 Å². The standard InChI is InChI=1S/C16H16N2O2/c1-11(16(17)20)13-7-5-12(6-8-13)10-18-14-3-2-4-15(19)9-14/h2-9,18-19H,1,10H2,(H2,17,20). The number of hydrogen-bond acceptors (Lipinski definition) is 3. The third kappa shape index (κ3) is 3.38. The third-order valence-electron chi connectivity index (χ3n) is 2.94. The first-order valence-corrected chi connectivity index (χ1v) is 6.17. The minimum absolute atomic E-state index is 0.225. The van der Waals surface area contributed by atoms with Gasteiger partial charge in [-0.3, -0.25) is 4.79 Å². The van der Waals surface area contributed by atoms with Crippen LogP contribution in [0.2, 0.25) is 0 Å². The molecule has 2 rings (SSSR count). The quantitative estimate of drug-likeness (QED) is 0.729. The highest BCUT2D eigenvalue weighted by Gasteiger charge is 2.04. The number of phenolic OH excluding ortho intramolecular Hbond substituents is 1. The topological polar surface area (TPSA) is 75.4 Å². The van der Waals surface area contributed by atoms with Crippen molar-refractivity contribution in [3.05, 3.63) is 66.2 Å². The fourth-order valence-electron chi connectivity index (χ4n) is 1.79. The van der Waals surface area contributed by atoms with Crippen LogP contribution in [0.25, 0.3) is 5.57 Å². The van der Waals surface area contributed by atoms with Gasteiger partial charge in [-0.05, 0) is 23.3 Å². The van der Waals surface area contributed by atoms with E-state index in [2.05, 4.69) is 11.9 Å². The average molecular weight is 268 g/mol. The monoisotopic (exact) mass is 268 g/mol. The van der Waals surface area contributed by atoms with Crippen LogP contribution in [-0.4, -0.2) is 11.0 Å². The minimum atomic E-state index is -0.518. The van der Waals surface area contributed by atoms with E-state index in [1.54, 1.807) is 18.2 Å². The molecule has 0 spiro atoms. The summed E-state index contributed by atoms with van der Waals surface area (Å²) in [5, 5.41) is 12.6. The number of hydrogen-bond donors (Lipinski definition) is 3. The third-order valence-corrected chi connectivity index (χ3v) is 2.94. The van der Waals surface area contributed by atoms with Crippen molar-refractivity contribution >= 4 is 17.2 Å². The number of benzene rings is 2. The number of primary amides is 1. The summed E-state index contributed by atoms with van der Waals surface area (Å²) in [6.45, 7) is 4.26. The molecule has 102 valence electrons. The molecule has 0 aromatic heterocycles. The Morgan fingerprint density at radius 1 is 1.20 bits per heavy atom. The molecule has 0 bridgehead atoms. The highest BCUT2D eigenvalue weighted by Crippen LogP contribution is 2.17. The summed E-state index contributed by atoms with van der Waals surface area (Å²) in [7, 11) is 0. The molecule has 1 amide bonds. The number of carbonyl (C=O) groups is 1. The van der Waals surface area contributed by atoms with Gasteiger partial charge in [-0.1, -0.05) is 36.9 Å². The maximum Gasteiger partial charge on any atom is 0.248 e. The molecule has 0 fully saturated rings. The molecule has 0 unspecified atom stereocenters. The number of aromatic hydroxyl groups is 1. The van der Waals surface area contributed by atoms with Gasteiger partial charge in [-0.25, -0.2) is 0 Å². The molecule has 2 aromatic rings. The average Bonchev–Trinajstić information content (AvgIpc) is 2.45. The molecule has 0 aliphatic heterocycles. The molecule has 4 N–H and O–H groups in total. The van der Waals surface area contributed by atoms with Gasteiger partial charge in [-0.15, -0.1) is 0 Å². The Hall–Kier alpha value is -2.75. The number of carbonyl (C=O) groups excluding carboxylic acids is 1. The summed E-state index contributed by atoms with van der Waals surface area (Å²) in [4.78, 5) is 11.0. The maximum absolute atomic E-state index is 11.0. The lowest BCUT2D eigenvalue weighted by atomic mass is 10.1. The fraction of sp³-hybridized carbons (Fsp3) is 0.0625. The lowest BCUT2D eigenvalue weighted by molar-refractivity contribution is -0.112. The predicted molar refractivity (Wildman–Crippen MR) is 80.1 cm³/mol. The Labute approximate surface area is 117 Å². The van der Waals surface area contributed by atoms with E-state index in [9.17, 15) is 9.90 Å². The Morgan fingerprint density at radius 2 is 1.90 bits per heavy atom. The first-order chi connectivity index (χ1) is 9.56. The van der Waals surface area contributed by atoms with Crippen LogP contribution in [0.3, 0.4) is 0 Å². The Balaban J connectivity index is 2.01. The number of anilines is 1. The molecule has 0 saturated heterocycles. The lowest BCUT2D eigenvalue weighted by Crippen LogP contribution is -2.11. The second-order valence-corrected chi connectivity index (χ2v) is 4.44. The van der Waals surface area contributed by atoms with Gasteiger partial charge >= 0.3 is 0 Å². The molecule has 4 heteroatoms. The van der Waals surface area contributed by atoms with Crippen molar-refractivity contribution in [2.24, 2.45) is 5.73 Å². The van der Waals surface area contributed by atoms with Crippen molar-refractivity contribution in [3.8, 4) is 5.75 Å². The van der Waals surface area contributed by atoms with Gasteiger partial charge in [0.15, 0.2) is 0 Å². The largest absolute Gasteiger partial charge is 0.508 e. The number of amides is 1. The molecular formula is C16H16N2O2. The van der Waals surface area contributed by atoms with Gasteiger partial charge in [-0.2, -0.15) is 0 Å². The van der Waals surface area contributed by atoms with Crippen LogP contribution in [0.1, 0.15) is 11.1 Å². The Kier molecular flexibility index (Phi) is 4.05. The molecule has 0 saturated carbocycles. The first-order valence-electron chi connectivity index (χ1n) is 6.17. The molecule has 0 heterocycles. The second-order valence-electron chi connectivity index (χ2n) is 4.44. The smallest absolute Gasteiger partial charge is 0.248 e. The van der Waals surface area contributed by atoms with Crippen LogP contribution in [-0.2, 0) is 11.3 Å². The lowest BCUT2D eigenvalue weighted by Gasteiger charge is -2.08. The van der Waals surface area contributed by atoms with E-state index in [0.717, 1.165) is 16.8 Å². The number of rotatable bonds is 5. The van der Waals surface area contributed by atoms with Gasteiger partial charge in [0.1, 0.15) is 5.75 Å². The molecule has 20 heavy (non-hydrogen) atoms. The fourth-order valence-corrected chi connectivity index (χ4v) is 1.79. The summed E-state index contributed by atoms with van der Waals surface area (Å²) < 4.78 is 0. The SMILES string of the molecule is C=C(C(N)=O)c1ccc(CNc2cccc(O)c2)cc1. The highest BCUT2D eigenvalue weighted by atomic mass is 16.3. The van der Waals surface area contributed by atoms with E-state index in [0.29, 0.717) is 12.1 Å². The number of nitrogens with one attached hydrogen (secondary N) is 1. The van der Waals surface area contributed by atoms with Gasteiger partial charge < -0.3 is 16.2 Å². The maximum atomic E-state index is 11.0. The zero-order valence-corrected chi connectivity index (χ0v) is 11.0. The van der Waals surface area contributed by atoms with Crippen LogP contribution < -0.4 is 11.1 Å². The zero-order valence-electron chi connectivity index (χ0n) is 11.0. The van der Waals surface area contributed by atoms with Crippen LogP contribution in [0, 0.1) is 0 Å². The highest BCUT2D eigenvalue weighted by molar-refractivity contribution is 6.17. The van der Waals surface area contributed by atoms with Crippen LogP contribution >= 0.6 is 0 Å². The van der Waals surface area contributed by atoms with E-state index in [4.69, 9.17) is 5.73 Å². The van der Waals surface area contributed by atoms with E-state index >= 15 is 0 Å². The van der Waals surface area contributed by atoms with E-state index in [1.165, 1.54) is 0 Å². The predicted octanol–water partition coefficient (Wildman–Crippen LogP) is 2.50. The van der Waals surface area contributed by atoms with Crippen LogP contribution in [0.5, 0.6) is 5.75 Å². The molecule has 4 nitrogen and oxygen atoms in total. The van der Waals surface area contributed by atoms with Gasteiger partial charge in [0.05, 0.1) is 0 Å². The van der Waals surface area contributed by atoms with Crippen LogP contribution in [0.4, 0.5) is 5.69 Å². The second kappa shape index (κ2) is 5.93. The normalized spacial score (nSPS) is 10.0. The summed E-state index contributed by atoms with van der Waals surface area (Å²) in [6.07, 6.45) is 0. The van der Waals surface area contributed by atoms with Gasteiger partial charge in [0.2, 0.25) is 5.91 Å². The first kappa shape index (κ1) is 13.7. The molecule has 0 atom stereocenters. The van der Waals surface area contributed by atoms with Gasteiger partial charge in [0, 0.05) is 23.9 Å². The molecule has 0 aliphatic carbocycles. The van der Waals surface area contributed by atoms with Crippen molar-refractivity contribution in [2.45, 2.75) is 6.54 Å². The van der Waals surface area contributed by atoms with Crippen molar-refractivity contribution in [3.63, 3.8) is 0 Å². The minimum Gasteiger partial charge on any atom is -0.508 e. The molecule has 2 aromatic carbocycles.